The second-order valence-corrected chi connectivity index (χ2v) is 20.0. The van der Waals surface area contributed by atoms with Gasteiger partial charge in [-0.2, -0.15) is 0 Å². The zero-order chi connectivity index (χ0) is 29.7. The Balaban J connectivity index is 0.00000169. The van der Waals surface area contributed by atoms with Gasteiger partial charge < -0.3 is 24.8 Å². The van der Waals surface area contributed by atoms with Crippen LogP contribution in [0.4, 0.5) is 0 Å². The summed E-state index contributed by atoms with van der Waals surface area (Å²) in [6.45, 7) is 10.2. The van der Waals surface area contributed by atoms with Crippen molar-refractivity contribution >= 4 is 51.1 Å². The predicted octanol–water partition coefficient (Wildman–Crippen LogP) is 3.67. The largest absolute Gasteiger partial charge is 1.00 e. The SMILES string of the molecule is CC1=C(c2cccc3ccccc23)c2c3cccc2[Si](C)(C)c2cccc4c2C(c2cccc5ccccc25)=C(C)[CH]4[Ti+2][CH]13.[Cl-].[Cl-]. The zero-order valence-corrected chi connectivity index (χ0v) is 30.5. The summed E-state index contributed by atoms with van der Waals surface area (Å²) in [5.74, 6) is 0. The first-order chi connectivity index (χ1) is 21.4. The summed E-state index contributed by atoms with van der Waals surface area (Å²) in [4.78, 5) is 0. The molecule has 0 N–H and O–H groups in total. The van der Waals surface area contributed by atoms with Crippen LogP contribution < -0.4 is 35.2 Å². The predicted molar refractivity (Wildman–Crippen MR) is 186 cm³/mol. The Kier molecular flexibility index (Phi) is 7.87. The van der Waals surface area contributed by atoms with E-state index in [9.17, 15) is 0 Å². The first kappa shape index (κ1) is 31.4. The van der Waals surface area contributed by atoms with Crippen LogP contribution in [0.5, 0.6) is 0 Å². The third-order valence-corrected chi connectivity index (χ3v) is 17.7. The van der Waals surface area contributed by atoms with Crippen molar-refractivity contribution in [3.05, 3.63) is 166 Å². The Morgan fingerprint density at radius 1 is 0.478 bits per heavy atom. The van der Waals surface area contributed by atoms with E-state index in [1.165, 1.54) is 43.8 Å². The fourth-order valence-corrected chi connectivity index (χ4v) is 14.9. The Morgan fingerprint density at radius 2 is 0.870 bits per heavy atom. The first-order valence-corrected chi connectivity index (χ1v) is 20.7. The molecule has 0 nitrogen and oxygen atoms in total. The molecular weight excluding hydrogens is 651 g/mol. The van der Waals surface area contributed by atoms with E-state index in [0.29, 0.717) is 8.45 Å². The monoisotopic (exact) mass is 684 g/mol. The summed E-state index contributed by atoms with van der Waals surface area (Å²) in [6, 6.07) is 46.5. The Morgan fingerprint density at radius 3 is 1.33 bits per heavy atom. The van der Waals surface area contributed by atoms with Gasteiger partial charge in [0.15, 0.2) is 0 Å². The summed E-state index contributed by atoms with van der Waals surface area (Å²) in [5, 5.41) is 8.60. The molecule has 224 valence electrons. The molecule has 2 atom stereocenters. The molecule has 3 aliphatic rings. The molecule has 46 heavy (non-hydrogen) atoms. The molecule has 0 spiro atoms. The normalized spacial score (nSPS) is 18.5. The third kappa shape index (κ3) is 4.29. The van der Waals surface area contributed by atoms with Gasteiger partial charge in [0, 0.05) is 0 Å². The van der Waals surface area contributed by atoms with E-state index >= 15 is 0 Å². The number of hydrogen-bond acceptors (Lipinski definition) is 0. The molecular formula is C42H34Cl2SiTi. The van der Waals surface area contributed by atoms with Gasteiger partial charge in [-0.25, -0.2) is 0 Å². The third-order valence-electron chi connectivity index (χ3n) is 10.8. The molecule has 4 heteroatoms. The van der Waals surface area contributed by atoms with E-state index in [2.05, 4.69) is 148 Å². The van der Waals surface area contributed by atoms with Gasteiger partial charge in [-0.15, -0.1) is 0 Å². The summed E-state index contributed by atoms with van der Waals surface area (Å²) >= 11 is -0.474. The van der Waals surface area contributed by atoms with Crippen LogP contribution in [0.1, 0.15) is 55.7 Å². The molecule has 2 unspecified atom stereocenters. The molecule has 0 aromatic heterocycles. The molecule has 6 aromatic carbocycles. The van der Waals surface area contributed by atoms with Crippen molar-refractivity contribution in [2.24, 2.45) is 0 Å². The molecule has 9 rings (SSSR count). The van der Waals surface area contributed by atoms with E-state index in [-0.39, 0.29) is 24.8 Å². The molecule has 0 radical (unpaired) electrons. The molecule has 6 aromatic rings. The van der Waals surface area contributed by atoms with Gasteiger partial charge in [-0.1, -0.05) is 0 Å². The quantitative estimate of drug-likeness (QED) is 0.245. The number of rotatable bonds is 2. The summed E-state index contributed by atoms with van der Waals surface area (Å²) in [5.41, 5.74) is 15.4. The second-order valence-electron chi connectivity index (χ2n) is 13.4. The molecule has 2 aliphatic carbocycles. The molecule has 0 saturated carbocycles. The van der Waals surface area contributed by atoms with Gasteiger partial charge >= 0.3 is 272 Å². The van der Waals surface area contributed by atoms with E-state index in [4.69, 9.17) is 0 Å². The van der Waals surface area contributed by atoms with Crippen molar-refractivity contribution in [1.29, 1.82) is 0 Å². The standard InChI is InChI=1S/C42H34Si.2ClH.Ti/c1-27-25-31-17-11-23-37(41(31)39(27)35-21-9-15-29-13-5-7-19-33(29)35)43(3,4)38-24-12-18-32-26-28(2)40(42(32)38)36-22-10-16-30-14-6-8-20-34(30)36;;;/h5-26H,1-4H3;2*1H;/q;;;+2/p-2. The minimum absolute atomic E-state index is 0. The first-order valence-electron chi connectivity index (χ1n) is 15.9. The van der Waals surface area contributed by atoms with Crippen LogP contribution in [0.3, 0.4) is 0 Å². The maximum atomic E-state index is 2.61. The van der Waals surface area contributed by atoms with Crippen LogP contribution in [-0.2, 0) is 19.2 Å². The minimum atomic E-state index is -2.18. The maximum Gasteiger partial charge on any atom is -1.00 e. The molecule has 1 aliphatic heterocycles. The topological polar surface area (TPSA) is 0 Å². The molecule has 1 heterocycles. The number of hydrogen-bond donors (Lipinski definition) is 0. The van der Waals surface area contributed by atoms with Gasteiger partial charge in [0.25, 0.3) is 0 Å². The average molecular weight is 686 g/mol. The van der Waals surface area contributed by atoms with E-state index in [0.717, 1.165) is 0 Å². The van der Waals surface area contributed by atoms with Crippen LogP contribution in [0.25, 0.3) is 32.7 Å². The number of allylic oxidation sites excluding steroid dienone is 2. The van der Waals surface area contributed by atoms with Gasteiger partial charge in [-0.05, 0) is 0 Å². The van der Waals surface area contributed by atoms with E-state index < -0.39 is 27.2 Å². The van der Waals surface area contributed by atoms with E-state index in [1.807, 2.05) is 0 Å². The Bertz CT molecular complexity index is 2110. The summed E-state index contributed by atoms with van der Waals surface area (Å²) in [7, 11) is -2.18. The van der Waals surface area contributed by atoms with Crippen LogP contribution in [0.15, 0.2) is 132 Å². The molecule has 0 saturated heterocycles. The van der Waals surface area contributed by atoms with Gasteiger partial charge in [-0.3, -0.25) is 0 Å². The van der Waals surface area contributed by atoms with Crippen molar-refractivity contribution in [2.75, 3.05) is 0 Å². The van der Waals surface area contributed by atoms with Crippen molar-refractivity contribution < 1.29 is 44.0 Å². The number of halogens is 2. The Labute approximate surface area is 294 Å². The van der Waals surface area contributed by atoms with Gasteiger partial charge in [0.05, 0.1) is 0 Å². The fourth-order valence-electron chi connectivity index (χ4n) is 8.69. The van der Waals surface area contributed by atoms with Gasteiger partial charge in [0.2, 0.25) is 0 Å². The van der Waals surface area contributed by atoms with Gasteiger partial charge in [0.1, 0.15) is 0 Å². The van der Waals surface area contributed by atoms with Crippen molar-refractivity contribution in [1.82, 2.24) is 0 Å². The Hall–Kier alpha value is -3.17. The number of fused-ring (bicyclic) bond motifs is 2. The average Bonchev–Trinajstić information content (AvgIpc) is 3.49. The summed E-state index contributed by atoms with van der Waals surface area (Å²) < 4.78 is 1.04. The van der Waals surface area contributed by atoms with Crippen LogP contribution in [-0.4, -0.2) is 8.07 Å². The molecule has 8 bridgehead atoms. The van der Waals surface area contributed by atoms with Crippen LogP contribution in [0.2, 0.25) is 13.1 Å². The van der Waals surface area contributed by atoms with Crippen molar-refractivity contribution in [3.8, 4) is 0 Å². The van der Waals surface area contributed by atoms with E-state index in [1.54, 1.807) is 43.8 Å². The van der Waals surface area contributed by atoms with Crippen LogP contribution in [0, 0.1) is 0 Å². The zero-order valence-electron chi connectivity index (χ0n) is 26.5. The molecule has 0 amide bonds. The van der Waals surface area contributed by atoms with Crippen molar-refractivity contribution in [2.45, 2.75) is 35.4 Å². The van der Waals surface area contributed by atoms with Crippen molar-refractivity contribution in [3.63, 3.8) is 0 Å². The second kappa shape index (κ2) is 11.5. The number of benzene rings is 6. The molecule has 0 fully saturated rings. The van der Waals surface area contributed by atoms with Crippen LogP contribution >= 0.6 is 0 Å². The minimum Gasteiger partial charge on any atom is -1.00 e. The maximum absolute atomic E-state index is 2.61. The summed E-state index contributed by atoms with van der Waals surface area (Å²) in [6.07, 6.45) is 0. The smallest absolute Gasteiger partial charge is 1.00 e. The fraction of sp³-hybridized carbons (Fsp3) is 0.143.